The van der Waals surface area contributed by atoms with Gasteiger partial charge in [-0.2, -0.15) is 0 Å². The van der Waals surface area contributed by atoms with Gasteiger partial charge in [0.1, 0.15) is 0 Å². The molecule has 0 aromatic heterocycles. The molecule has 0 atom stereocenters. The van der Waals surface area contributed by atoms with Crippen LogP contribution in [0, 0.1) is 0 Å². The number of esters is 1. The summed E-state index contributed by atoms with van der Waals surface area (Å²) >= 11 is 0. The fourth-order valence-corrected chi connectivity index (χ4v) is 8.73. The highest BCUT2D eigenvalue weighted by Crippen LogP contribution is 2.31. The third-order valence-electron chi connectivity index (χ3n) is 6.20. The summed E-state index contributed by atoms with van der Waals surface area (Å²) in [6.07, 6.45) is 19.9. The molecule has 0 unspecified atom stereocenters. The van der Waals surface area contributed by atoms with E-state index < -0.39 is 8.32 Å². The van der Waals surface area contributed by atoms with Crippen LogP contribution in [0.1, 0.15) is 130 Å². The van der Waals surface area contributed by atoms with E-state index in [1.54, 1.807) is 0 Å². The van der Waals surface area contributed by atoms with Gasteiger partial charge in [0, 0.05) is 13.0 Å². The van der Waals surface area contributed by atoms with Gasteiger partial charge in [0.25, 0.3) is 0 Å². The Labute approximate surface area is 190 Å². The summed E-state index contributed by atoms with van der Waals surface area (Å²) < 4.78 is 11.9. The van der Waals surface area contributed by atoms with Gasteiger partial charge in [-0.15, -0.1) is 0 Å². The Morgan fingerprint density at radius 2 is 1.07 bits per heavy atom. The maximum Gasteiger partial charge on any atom is 0.305 e. The molecule has 0 aromatic carbocycles. The van der Waals surface area contributed by atoms with Crippen LogP contribution in [-0.4, -0.2) is 27.5 Å². The minimum absolute atomic E-state index is 0.0510. The number of hydrogen-bond donors (Lipinski definition) is 0. The van der Waals surface area contributed by atoms with Crippen molar-refractivity contribution in [1.82, 2.24) is 0 Å². The Bertz CT molecular complexity index is 342. The average Bonchev–Trinajstić information content (AvgIpc) is 2.74. The molecule has 0 rings (SSSR count). The number of ether oxygens (including phenoxy) is 1. The van der Waals surface area contributed by atoms with Crippen molar-refractivity contribution in [2.45, 2.75) is 149 Å². The van der Waals surface area contributed by atoms with E-state index in [9.17, 15) is 4.79 Å². The summed E-state index contributed by atoms with van der Waals surface area (Å²) in [4.78, 5) is 11.5. The van der Waals surface area contributed by atoms with Crippen LogP contribution in [0.15, 0.2) is 0 Å². The minimum Gasteiger partial charge on any atom is -0.466 e. The first-order chi connectivity index (χ1) is 14.6. The molecular weight excluding hydrogens is 388 g/mol. The highest BCUT2D eigenvalue weighted by atomic mass is 28.4. The zero-order chi connectivity index (χ0) is 22.3. The van der Waals surface area contributed by atoms with Gasteiger partial charge in [0.15, 0.2) is 8.32 Å². The third kappa shape index (κ3) is 17.3. The van der Waals surface area contributed by atoms with Crippen molar-refractivity contribution < 1.29 is 14.0 Å². The van der Waals surface area contributed by atoms with Gasteiger partial charge in [-0.1, -0.05) is 104 Å². The van der Waals surface area contributed by atoms with Crippen LogP contribution in [0.3, 0.4) is 0 Å². The first-order valence-electron chi connectivity index (χ1n) is 13.4. The lowest BCUT2D eigenvalue weighted by Crippen LogP contribution is -2.38. The summed E-state index contributed by atoms with van der Waals surface area (Å²) in [6.45, 7) is 10.2. The summed E-state index contributed by atoms with van der Waals surface area (Å²) in [5.41, 5.74) is 0. The van der Waals surface area contributed by atoms with Gasteiger partial charge in [0.2, 0.25) is 0 Å². The second kappa shape index (κ2) is 21.9. The van der Waals surface area contributed by atoms with Crippen LogP contribution in [0.5, 0.6) is 0 Å². The molecule has 0 bridgehead atoms. The zero-order valence-electron chi connectivity index (χ0n) is 21.1. The minimum atomic E-state index is -1.63. The van der Waals surface area contributed by atoms with Gasteiger partial charge in [-0.05, 0) is 37.9 Å². The van der Waals surface area contributed by atoms with Crippen molar-refractivity contribution in [3.8, 4) is 0 Å². The van der Waals surface area contributed by atoms with Gasteiger partial charge in [0.05, 0.1) is 6.61 Å². The van der Waals surface area contributed by atoms with Crippen molar-refractivity contribution in [2.24, 2.45) is 0 Å². The van der Waals surface area contributed by atoms with E-state index in [1.165, 1.54) is 95.2 Å². The van der Waals surface area contributed by atoms with Crippen LogP contribution in [0.25, 0.3) is 0 Å². The second-order valence-corrected chi connectivity index (χ2v) is 13.2. The highest BCUT2D eigenvalue weighted by molar-refractivity contribution is 6.73. The average molecular weight is 443 g/mol. The van der Waals surface area contributed by atoms with Crippen LogP contribution in [0.4, 0.5) is 0 Å². The van der Waals surface area contributed by atoms with Crippen LogP contribution < -0.4 is 0 Å². The van der Waals surface area contributed by atoms with Crippen molar-refractivity contribution in [3.63, 3.8) is 0 Å². The van der Waals surface area contributed by atoms with E-state index in [-0.39, 0.29) is 5.97 Å². The Kier molecular flexibility index (Phi) is 21.6. The molecule has 0 N–H and O–H groups in total. The summed E-state index contributed by atoms with van der Waals surface area (Å²) in [7, 11) is -1.63. The number of carbonyl (C=O) groups is 1. The fourth-order valence-electron chi connectivity index (χ4n) is 4.28. The normalized spacial score (nSPS) is 11.7. The van der Waals surface area contributed by atoms with E-state index >= 15 is 0 Å². The van der Waals surface area contributed by atoms with E-state index in [2.05, 4.69) is 20.8 Å². The Morgan fingerprint density at radius 1 is 0.600 bits per heavy atom. The predicted octanol–water partition coefficient (Wildman–Crippen LogP) is 8.81. The van der Waals surface area contributed by atoms with Gasteiger partial charge < -0.3 is 9.16 Å². The van der Waals surface area contributed by atoms with E-state index in [0.29, 0.717) is 13.0 Å². The molecule has 4 heteroatoms. The number of unbranched alkanes of at least 4 members (excludes halogenated alkanes) is 11. The molecule has 0 saturated heterocycles. The molecular formula is C26H54O3Si. The largest absolute Gasteiger partial charge is 0.466 e. The first kappa shape index (κ1) is 29.6. The Morgan fingerprint density at radius 3 is 1.50 bits per heavy atom. The van der Waals surface area contributed by atoms with Gasteiger partial charge in [-0.25, -0.2) is 0 Å². The Balaban J connectivity index is 4.61. The lowest BCUT2D eigenvalue weighted by Gasteiger charge is -2.32. The van der Waals surface area contributed by atoms with Crippen molar-refractivity contribution in [2.75, 3.05) is 13.2 Å². The van der Waals surface area contributed by atoms with Crippen molar-refractivity contribution >= 4 is 14.3 Å². The number of hydrogen-bond acceptors (Lipinski definition) is 3. The topological polar surface area (TPSA) is 35.5 Å². The molecule has 30 heavy (non-hydrogen) atoms. The standard InChI is InChI=1S/C26H54O3Si/c1-5-9-12-18-23-30(24-19-13-10-6-2,25-20-14-11-7-3)29-22-17-15-16-21-26(27)28-8-4/h5-25H2,1-4H3. The molecule has 0 aliphatic heterocycles. The molecule has 0 amide bonds. The molecule has 0 spiro atoms. The van der Waals surface area contributed by atoms with Gasteiger partial charge >= 0.3 is 5.97 Å². The molecule has 3 nitrogen and oxygen atoms in total. The monoisotopic (exact) mass is 442 g/mol. The molecule has 0 aliphatic carbocycles. The molecule has 0 aromatic rings. The fraction of sp³-hybridized carbons (Fsp3) is 0.962. The smallest absolute Gasteiger partial charge is 0.305 e. The maximum atomic E-state index is 11.5. The quantitative estimate of drug-likeness (QED) is 0.0900. The lowest BCUT2D eigenvalue weighted by molar-refractivity contribution is -0.143. The number of rotatable bonds is 23. The van der Waals surface area contributed by atoms with Crippen molar-refractivity contribution in [3.05, 3.63) is 0 Å². The first-order valence-corrected chi connectivity index (χ1v) is 16.0. The van der Waals surface area contributed by atoms with Gasteiger partial charge in [-0.3, -0.25) is 4.79 Å². The van der Waals surface area contributed by atoms with E-state index in [4.69, 9.17) is 9.16 Å². The summed E-state index contributed by atoms with van der Waals surface area (Å²) in [5, 5.41) is 0. The van der Waals surface area contributed by atoms with Crippen LogP contribution >= 0.6 is 0 Å². The SMILES string of the molecule is CCCCCC[Si](CCCCCC)(CCCCCC)OCCCCCC(=O)OCC. The lowest BCUT2D eigenvalue weighted by atomic mass is 10.2. The van der Waals surface area contributed by atoms with Crippen LogP contribution in [0.2, 0.25) is 18.1 Å². The predicted molar refractivity (Wildman–Crippen MR) is 134 cm³/mol. The highest BCUT2D eigenvalue weighted by Gasteiger charge is 2.33. The zero-order valence-corrected chi connectivity index (χ0v) is 22.1. The Hall–Kier alpha value is -0.353. The van der Waals surface area contributed by atoms with E-state index in [0.717, 1.165) is 25.9 Å². The summed E-state index contributed by atoms with van der Waals surface area (Å²) in [6, 6.07) is 4.11. The molecule has 0 saturated carbocycles. The maximum absolute atomic E-state index is 11.5. The molecule has 0 heterocycles. The third-order valence-corrected chi connectivity index (χ3v) is 10.8. The number of carbonyl (C=O) groups excluding carboxylic acids is 1. The second-order valence-electron chi connectivity index (χ2n) is 9.08. The molecule has 180 valence electrons. The van der Waals surface area contributed by atoms with Crippen molar-refractivity contribution in [1.29, 1.82) is 0 Å². The summed E-state index contributed by atoms with van der Waals surface area (Å²) in [5.74, 6) is -0.0510. The molecule has 0 radical (unpaired) electrons. The van der Waals surface area contributed by atoms with E-state index in [1.807, 2.05) is 6.92 Å². The van der Waals surface area contributed by atoms with Crippen LogP contribution in [-0.2, 0) is 14.0 Å². The molecule has 0 aliphatic rings. The molecule has 0 fully saturated rings.